The second-order valence-corrected chi connectivity index (χ2v) is 6.71. The smallest absolute Gasteiger partial charge is 0.226 e. The van der Waals surface area contributed by atoms with Gasteiger partial charge in [-0.25, -0.2) is 0 Å². The largest absolute Gasteiger partial charge is 0.399 e. The molecule has 2 heterocycles. The van der Waals surface area contributed by atoms with Gasteiger partial charge in [0, 0.05) is 37.9 Å². The van der Waals surface area contributed by atoms with E-state index < -0.39 is 0 Å². The number of hydrogen-bond donors (Lipinski definition) is 1. The van der Waals surface area contributed by atoms with E-state index >= 15 is 0 Å². The molecular weight excluding hydrogens is 290 g/mol. The third-order valence-corrected chi connectivity index (χ3v) is 4.94. The van der Waals surface area contributed by atoms with Crippen LogP contribution in [0.15, 0.2) is 24.3 Å². The van der Waals surface area contributed by atoms with Gasteiger partial charge in [-0.1, -0.05) is 12.1 Å². The quantitative estimate of drug-likeness (QED) is 0.859. The van der Waals surface area contributed by atoms with Gasteiger partial charge in [0.2, 0.25) is 5.91 Å². The van der Waals surface area contributed by atoms with Gasteiger partial charge in [0.25, 0.3) is 0 Å². The molecule has 1 atom stereocenters. The average Bonchev–Trinajstić information content (AvgIpc) is 2.57. The normalized spacial score (nSPS) is 23.9. The Kier molecular flexibility index (Phi) is 5.18. The molecule has 1 amide bonds. The molecule has 1 aromatic carbocycles. The monoisotopic (exact) mass is 317 g/mol. The van der Waals surface area contributed by atoms with Crippen molar-refractivity contribution in [2.24, 2.45) is 0 Å². The maximum atomic E-state index is 12.4. The van der Waals surface area contributed by atoms with Crippen molar-refractivity contribution in [2.45, 2.75) is 38.3 Å². The number of benzene rings is 1. The third kappa shape index (κ3) is 4.24. The zero-order valence-electron chi connectivity index (χ0n) is 13.9. The fourth-order valence-corrected chi connectivity index (χ4v) is 3.58. The van der Waals surface area contributed by atoms with Crippen molar-refractivity contribution < 1.29 is 9.53 Å². The molecule has 2 saturated heterocycles. The van der Waals surface area contributed by atoms with Crippen LogP contribution in [0.3, 0.4) is 0 Å². The maximum Gasteiger partial charge on any atom is 0.226 e. The predicted octanol–water partition coefficient (Wildman–Crippen LogP) is 1.52. The van der Waals surface area contributed by atoms with E-state index in [1.54, 1.807) is 0 Å². The second kappa shape index (κ2) is 7.32. The number of piperidine rings is 1. The molecule has 2 aliphatic heterocycles. The Balaban J connectivity index is 1.48. The molecule has 0 saturated carbocycles. The first-order chi connectivity index (χ1) is 11.1. The standard InChI is InChI=1S/C18H27N3O2/c1-14-13-21(10-11-23-14)17-6-8-20(9-7-17)18(22)12-15-2-4-16(19)5-3-15/h2-5,14,17H,6-13,19H2,1H3. The number of nitrogens with two attached hydrogens (primary N) is 1. The highest BCUT2D eigenvalue weighted by atomic mass is 16.5. The van der Waals surface area contributed by atoms with Crippen molar-refractivity contribution in [3.05, 3.63) is 29.8 Å². The summed E-state index contributed by atoms with van der Waals surface area (Å²) in [7, 11) is 0. The minimum atomic E-state index is 0.226. The Bertz CT molecular complexity index is 524. The first kappa shape index (κ1) is 16.3. The highest BCUT2D eigenvalue weighted by molar-refractivity contribution is 5.79. The van der Waals surface area contributed by atoms with Crippen LogP contribution < -0.4 is 5.73 Å². The summed E-state index contributed by atoms with van der Waals surface area (Å²) in [6.07, 6.45) is 2.94. The van der Waals surface area contributed by atoms with Crippen molar-refractivity contribution in [1.29, 1.82) is 0 Å². The molecule has 0 radical (unpaired) electrons. The van der Waals surface area contributed by atoms with Crippen LogP contribution in [0, 0.1) is 0 Å². The number of carbonyl (C=O) groups excluding carboxylic acids is 1. The fraction of sp³-hybridized carbons (Fsp3) is 0.611. The first-order valence-electron chi connectivity index (χ1n) is 8.59. The number of anilines is 1. The SMILES string of the molecule is CC1CN(C2CCN(C(=O)Cc3ccc(N)cc3)CC2)CCO1. The molecule has 1 aromatic rings. The minimum absolute atomic E-state index is 0.226. The van der Waals surface area contributed by atoms with Gasteiger partial charge in [0.1, 0.15) is 0 Å². The number of rotatable bonds is 3. The fourth-order valence-electron chi connectivity index (χ4n) is 3.58. The Morgan fingerprint density at radius 3 is 2.57 bits per heavy atom. The van der Waals surface area contributed by atoms with Crippen molar-refractivity contribution in [1.82, 2.24) is 9.80 Å². The van der Waals surface area contributed by atoms with Crippen LogP contribution in [-0.2, 0) is 16.0 Å². The summed E-state index contributed by atoms with van der Waals surface area (Å²) in [6, 6.07) is 8.19. The number of nitrogens with zero attached hydrogens (tertiary/aromatic N) is 2. The number of carbonyl (C=O) groups is 1. The Morgan fingerprint density at radius 1 is 1.22 bits per heavy atom. The zero-order chi connectivity index (χ0) is 16.2. The van der Waals surface area contributed by atoms with Crippen LogP contribution in [0.5, 0.6) is 0 Å². The van der Waals surface area contributed by atoms with Gasteiger partial charge in [-0.05, 0) is 37.5 Å². The lowest BCUT2D eigenvalue weighted by atomic mass is 10.0. The van der Waals surface area contributed by atoms with E-state index in [2.05, 4.69) is 11.8 Å². The van der Waals surface area contributed by atoms with Gasteiger partial charge in [-0.2, -0.15) is 0 Å². The van der Waals surface area contributed by atoms with Crippen LogP contribution in [0.4, 0.5) is 5.69 Å². The Labute approximate surface area is 138 Å². The number of ether oxygens (including phenoxy) is 1. The summed E-state index contributed by atoms with van der Waals surface area (Å²) in [5.74, 6) is 0.226. The lowest BCUT2D eigenvalue weighted by Crippen LogP contribution is -2.52. The van der Waals surface area contributed by atoms with Crippen LogP contribution >= 0.6 is 0 Å². The van der Waals surface area contributed by atoms with E-state index in [9.17, 15) is 4.79 Å². The van der Waals surface area contributed by atoms with E-state index in [0.29, 0.717) is 18.6 Å². The number of morpholine rings is 1. The molecule has 1 unspecified atom stereocenters. The maximum absolute atomic E-state index is 12.4. The van der Waals surface area contributed by atoms with Crippen molar-refractivity contribution in [3.8, 4) is 0 Å². The molecule has 2 N–H and O–H groups in total. The number of likely N-dealkylation sites (tertiary alicyclic amines) is 1. The number of hydrogen-bond acceptors (Lipinski definition) is 4. The molecule has 3 rings (SSSR count). The summed E-state index contributed by atoms with van der Waals surface area (Å²) in [5.41, 5.74) is 7.46. The van der Waals surface area contributed by atoms with Crippen LogP contribution in [0.2, 0.25) is 0 Å². The topological polar surface area (TPSA) is 58.8 Å². The van der Waals surface area contributed by atoms with Crippen LogP contribution in [0.25, 0.3) is 0 Å². The molecule has 0 bridgehead atoms. The molecule has 5 nitrogen and oxygen atoms in total. The van der Waals surface area contributed by atoms with Gasteiger partial charge < -0.3 is 15.4 Å². The van der Waals surface area contributed by atoms with E-state index in [1.807, 2.05) is 29.2 Å². The van der Waals surface area contributed by atoms with Crippen LogP contribution in [-0.4, -0.2) is 60.6 Å². The Hall–Kier alpha value is -1.59. The number of amides is 1. The van der Waals surface area contributed by atoms with Gasteiger partial charge in [-0.3, -0.25) is 9.69 Å². The molecule has 0 aliphatic carbocycles. The van der Waals surface area contributed by atoms with Gasteiger partial charge in [-0.15, -0.1) is 0 Å². The molecular formula is C18H27N3O2. The van der Waals surface area contributed by atoms with Gasteiger partial charge in [0.15, 0.2) is 0 Å². The van der Waals surface area contributed by atoms with Crippen LogP contribution in [0.1, 0.15) is 25.3 Å². The minimum Gasteiger partial charge on any atom is -0.399 e. The van der Waals surface area contributed by atoms with E-state index in [-0.39, 0.29) is 5.91 Å². The first-order valence-corrected chi connectivity index (χ1v) is 8.59. The lowest BCUT2D eigenvalue weighted by molar-refractivity contribution is -0.132. The van der Waals surface area contributed by atoms with E-state index in [4.69, 9.17) is 10.5 Å². The summed E-state index contributed by atoms with van der Waals surface area (Å²) in [4.78, 5) is 17.0. The van der Waals surface area contributed by atoms with Gasteiger partial charge >= 0.3 is 0 Å². The molecule has 2 aliphatic rings. The second-order valence-electron chi connectivity index (χ2n) is 6.71. The number of nitrogen functional groups attached to an aromatic ring is 1. The highest BCUT2D eigenvalue weighted by Crippen LogP contribution is 2.20. The molecule has 2 fully saturated rings. The zero-order valence-corrected chi connectivity index (χ0v) is 13.9. The van der Waals surface area contributed by atoms with E-state index in [1.165, 1.54) is 0 Å². The van der Waals surface area contributed by atoms with Crippen molar-refractivity contribution in [3.63, 3.8) is 0 Å². The predicted molar refractivity (Wildman–Crippen MR) is 91.1 cm³/mol. The third-order valence-electron chi connectivity index (χ3n) is 4.94. The summed E-state index contributed by atoms with van der Waals surface area (Å²) >= 11 is 0. The highest BCUT2D eigenvalue weighted by Gasteiger charge is 2.29. The summed E-state index contributed by atoms with van der Waals surface area (Å²) < 4.78 is 5.62. The van der Waals surface area contributed by atoms with E-state index in [0.717, 1.165) is 56.9 Å². The van der Waals surface area contributed by atoms with Crippen molar-refractivity contribution >= 4 is 11.6 Å². The molecule has 0 spiro atoms. The Morgan fingerprint density at radius 2 is 1.91 bits per heavy atom. The molecule has 5 heteroatoms. The van der Waals surface area contributed by atoms with Gasteiger partial charge in [0.05, 0.1) is 19.1 Å². The lowest BCUT2D eigenvalue weighted by Gasteiger charge is -2.41. The van der Waals surface area contributed by atoms with Crippen molar-refractivity contribution in [2.75, 3.05) is 38.5 Å². The summed E-state index contributed by atoms with van der Waals surface area (Å²) in [6.45, 7) is 6.74. The molecule has 0 aromatic heterocycles. The summed E-state index contributed by atoms with van der Waals surface area (Å²) in [5, 5.41) is 0. The average molecular weight is 317 g/mol. The molecule has 126 valence electrons. The molecule has 23 heavy (non-hydrogen) atoms.